The quantitative estimate of drug-likeness (QED) is 0.737. The minimum atomic E-state index is -0.000104. The van der Waals surface area contributed by atoms with Crippen molar-refractivity contribution in [2.24, 2.45) is 0 Å². The highest BCUT2D eigenvalue weighted by Crippen LogP contribution is 2.42. The summed E-state index contributed by atoms with van der Waals surface area (Å²) in [5.74, 6) is 1.20. The Hall–Kier alpha value is -1.76. The van der Waals surface area contributed by atoms with E-state index < -0.39 is 0 Å². The van der Waals surface area contributed by atoms with Crippen LogP contribution >= 0.6 is 34.7 Å². The van der Waals surface area contributed by atoms with Gasteiger partial charge in [0.05, 0.1) is 23.7 Å². The standard InChI is InChI=1S/C17H14ClN3OS2/c18-14-4-2-1-3-11(14)8-21-17-13(7-19-21)16(12-5-6-23-9-12)24-10-15(22)20-17/h1-7,9,16H,8,10H2,(H,20,22)/t16-/m1/s1. The van der Waals surface area contributed by atoms with Gasteiger partial charge in [-0.1, -0.05) is 29.8 Å². The maximum atomic E-state index is 12.1. The summed E-state index contributed by atoms with van der Waals surface area (Å²) in [5.41, 5.74) is 3.22. The summed E-state index contributed by atoms with van der Waals surface area (Å²) < 4.78 is 1.82. The van der Waals surface area contributed by atoms with Gasteiger partial charge in [0.1, 0.15) is 5.82 Å². The zero-order valence-electron chi connectivity index (χ0n) is 12.6. The predicted molar refractivity (Wildman–Crippen MR) is 100 cm³/mol. The highest BCUT2D eigenvalue weighted by Gasteiger charge is 2.28. The van der Waals surface area contributed by atoms with Crippen LogP contribution in [0.4, 0.5) is 5.82 Å². The van der Waals surface area contributed by atoms with Crippen molar-refractivity contribution in [3.05, 3.63) is 69.0 Å². The molecule has 1 aromatic carbocycles. The van der Waals surface area contributed by atoms with E-state index in [1.165, 1.54) is 5.56 Å². The second kappa shape index (κ2) is 6.63. The van der Waals surface area contributed by atoms with Crippen molar-refractivity contribution in [3.63, 3.8) is 0 Å². The van der Waals surface area contributed by atoms with E-state index >= 15 is 0 Å². The fraction of sp³-hybridized carbons (Fsp3) is 0.176. The average Bonchev–Trinajstić information content (AvgIpc) is 3.19. The number of benzene rings is 1. The zero-order valence-corrected chi connectivity index (χ0v) is 15.0. The molecule has 0 saturated carbocycles. The molecule has 7 heteroatoms. The average molecular weight is 376 g/mol. The molecule has 4 nitrogen and oxygen atoms in total. The van der Waals surface area contributed by atoms with E-state index in [1.807, 2.05) is 35.1 Å². The predicted octanol–water partition coefficient (Wildman–Crippen LogP) is 4.42. The van der Waals surface area contributed by atoms with Gasteiger partial charge in [-0.2, -0.15) is 16.4 Å². The van der Waals surface area contributed by atoms with Gasteiger partial charge in [-0.25, -0.2) is 4.68 Å². The van der Waals surface area contributed by atoms with Gasteiger partial charge in [0.2, 0.25) is 5.91 Å². The number of aromatic nitrogens is 2. The van der Waals surface area contributed by atoms with E-state index in [0.29, 0.717) is 17.3 Å². The molecule has 0 fully saturated rings. The van der Waals surface area contributed by atoms with Crippen LogP contribution in [0.1, 0.15) is 21.9 Å². The van der Waals surface area contributed by atoms with Crippen LogP contribution in [0.3, 0.4) is 0 Å². The summed E-state index contributed by atoms with van der Waals surface area (Å²) in [7, 11) is 0. The normalized spacial score (nSPS) is 17.2. The number of amides is 1. The molecule has 0 unspecified atom stereocenters. The lowest BCUT2D eigenvalue weighted by molar-refractivity contribution is -0.113. The summed E-state index contributed by atoms with van der Waals surface area (Å²) in [6.07, 6.45) is 1.85. The Labute approximate surface area is 152 Å². The van der Waals surface area contributed by atoms with Crippen LogP contribution < -0.4 is 5.32 Å². The number of thioether (sulfide) groups is 1. The second-order valence-corrected chi connectivity index (χ2v) is 7.77. The Morgan fingerprint density at radius 3 is 3.00 bits per heavy atom. The monoisotopic (exact) mass is 375 g/mol. The van der Waals surface area contributed by atoms with Crippen LogP contribution in [0.5, 0.6) is 0 Å². The number of nitrogens with one attached hydrogen (secondary N) is 1. The molecule has 1 amide bonds. The third-order valence-electron chi connectivity index (χ3n) is 3.91. The Morgan fingerprint density at radius 1 is 1.33 bits per heavy atom. The molecule has 24 heavy (non-hydrogen) atoms. The zero-order chi connectivity index (χ0) is 16.5. The first-order valence-electron chi connectivity index (χ1n) is 7.45. The number of carbonyl (C=O) groups is 1. The van der Waals surface area contributed by atoms with Crippen LogP contribution in [0.25, 0.3) is 0 Å². The topological polar surface area (TPSA) is 46.9 Å². The first kappa shape index (κ1) is 15.7. The molecule has 0 saturated heterocycles. The van der Waals surface area contributed by atoms with Crippen LogP contribution in [-0.4, -0.2) is 21.4 Å². The van der Waals surface area contributed by atoms with Gasteiger partial charge in [0.15, 0.2) is 0 Å². The highest BCUT2D eigenvalue weighted by molar-refractivity contribution is 8.00. The lowest BCUT2D eigenvalue weighted by atomic mass is 10.1. The van der Waals surface area contributed by atoms with Crippen molar-refractivity contribution in [1.29, 1.82) is 0 Å². The number of hydrogen-bond acceptors (Lipinski definition) is 4. The maximum absolute atomic E-state index is 12.1. The van der Waals surface area contributed by atoms with Crippen molar-refractivity contribution >= 4 is 46.4 Å². The van der Waals surface area contributed by atoms with Crippen molar-refractivity contribution in [3.8, 4) is 0 Å². The molecule has 2 aromatic heterocycles. The molecule has 1 atom stereocenters. The van der Waals surface area contributed by atoms with Crippen molar-refractivity contribution in [1.82, 2.24) is 9.78 Å². The Kier molecular flexibility index (Phi) is 4.35. The molecule has 0 spiro atoms. The summed E-state index contributed by atoms with van der Waals surface area (Å²) in [5, 5.41) is 12.5. The molecular weight excluding hydrogens is 362 g/mol. The molecule has 0 bridgehead atoms. The van der Waals surface area contributed by atoms with Gasteiger partial charge < -0.3 is 5.32 Å². The van der Waals surface area contributed by atoms with Gasteiger partial charge in [-0.05, 0) is 34.0 Å². The Bertz CT molecular complexity index is 876. The summed E-state index contributed by atoms with van der Waals surface area (Å²) in [6, 6.07) is 9.79. The van der Waals surface area contributed by atoms with Crippen LogP contribution in [-0.2, 0) is 11.3 Å². The number of hydrogen-bond donors (Lipinski definition) is 1. The van der Waals surface area contributed by atoms with E-state index in [9.17, 15) is 4.79 Å². The number of fused-ring (bicyclic) bond motifs is 1. The fourth-order valence-electron chi connectivity index (χ4n) is 2.75. The summed E-state index contributed by atoms with van der Waals surface area (Å²) in [6.45, 7) is 0.524. The lowest BCUT2D eigenvalue weighted by Gasteiger charge is -2.13. The van der Waals surface area contributed by atoms with E-state index in [0.717, 1.165) is 16.9 Å². The van der Waals surface area contributed by atoms with E-state index in [-0.39, 0.29) is 11.2 Å². The Morgan fingerprint density at radius 2 is 2.21 bits per heavy atom. The van der Waals surface area contributed by atoms with Gasteiger partial charge >= 0.3 is 0 Å². The fourth-order valence-corrected chi connectivity index (χ4v) is 4.80. The van der Waals surface area contributed by atoms with Crippen LogP contribution in [0, 0.1) is 0 Å². The molecule has 1 aliphatic rings. The van der Waals surface area contributed by atoms with Gasteiger partial charge in [-0.3, -0.25) is 4.79 Å². The Balaban J connectivity index is 1.74. The van der Waals surface area contributed by atoms with E-state index in [4.69, 9.17) is 11.6 Å². The van der Waals surface area contributed by atoms with Crippen molar-refractivity contribution < 1.29 is 4.79 Å². The molecule has 0 aliphatic carbocycles. The van der Waals surface area contributed by atoms with Gasteiger partial charge in [-0.15, -0.1) is 11.8 Å². The lowest BCUT2D eigenvalue weighted by Crippen LogP contribution is -2.17. The molecule has 3 heterocycles. The number of anilines is 1. The van der Waals surface area contributed by atoms with Gasteiger partial charge in [0, 0.05) is 10.6 Å². The number of nitrogens with zero attached hydrogens (tertiary/aromatic N) is 2. The minimum Gasteiger partial charge on any atom is -0.310 e. The highest BCUT2D eigenvalue weighted by atomic mass is 35.5. The first-order chi connectivity index (χ1) is 11.7. The minimum absolute atomic E-state index is 0.000104. The van der Waals surface area contributed by atoms with E-state index in [2.05, 4.69) is 27.2 Å². The molecular formula is C17H14ClN3OS2. The first-order valence-corrected chi connectivity index (χ1v) is 9.82. The second-order valence-electron chi connectivity index (χ2n) is 5.49. The molecule has 4 rings (SSSR count). The van der Waals surface area contributed by atoms with Crippen molar-refractivity contribution in [2.75, 3.05) is 11.1 Å². The molecule has 1 aliphatic heterocycles. The number of thiophene rings is 1. The van der Waals surface area contributed by atoms with E-state index in [1.54, 1.807) is 23.1 Å². The third-order valence-corrected chi connectivity index (χ3v) is 6.27. The van der Waals surface area contributed by atoms with Crippen molar-refractivity contribution in [2.45, 2.75) is 11.8 Å². The van der Waals surface area contributed by atoms with Crippen LogP contribution in [0.15, 0.2) is 47.3 Å². The smallest absolute Gasteiger partial charge is 0.235 e. The number of halogens is 1. The summed E-state index contributed by atoms with van der Waals surface area (Å²) >= 11 is 9.56. The maximum Gasteiger partial charge on any atom is 0.235 e. The van der Waals surface area contributed by atoms with Gasteiger partial charge in [0.25, 0.3) is 0 Å². The molecule has 1 N–H and O–H groups in total. The SMILES string of the molecule is O=C1CS[C@H](c2ccsc2)c2cnn(Cc3ccccc3Cl)c2N1. The van der Waals surface area contributed by atoms with Crippen LogP contribution in [0.2, 0.25) is 5.02 Å². The number of rotatable bonds is 3. The number of carbonyl (C=O) groups excluding carboxylic acids is 1. The summed E-state index contributed by atoms with van der Waals surface area (Å²) in [4.78, 5) is 12.1. The largest absolute Gasteiger partial charge is 0.310 e. The third kappa shape index (κ3) is 2.97. The molecule has 122 valence electrons. The molecule has 3 aromatic rings. The molecule has 0 radical (unpaired) electrons.